The molecule has 3 unspecified atom stereocenters. The van der Waals surface area contributed by atoms with Crippen LogP contribution in [-0.2, 0) is 32.0 Å². The van der Waals surface area contributed by atoms with Crippen LogP contribution in [0.4, 0.5) is 10.5 Å². The van der Waals surface area contributed by atoms with Crippen molar-refractivity contribution < 1.29 is 39.2 Å². The predicted molar refractivity (Wildman–Crippen MR) is 135 cm³/mol. The summed E-state index contributed by atoms with van der Waals surface area (Å²) in [7, 11) is 0. The van der Waals surface area contributed by atoms with E-state index in [2.05, 4.69) is 5.32 Å². The number of phenolic OH excluding ortho intramolecular Hbond substituents is 1. The number of benzene rings is 1. The molecule has 3 atom stereocenters. The largest absolute Gasteiger partial charge is 0.511 e. The molecule has 0 heterocycles. The van der Waals surface area contributed by atoms with Gasteiger partial charge in [-0.2, -0.15) is 0 Å². The van der Waals surface area contributed by atoms with E-state index in [0.29, 0.717) is 24.8 Å². The Morgan fingerprint density at radius 3 is 2.41 bits per heavy atom. The van der Waals surface area contributed by atoms with Gasteiger partial charge in [0.1, 0.15) is 17.3 Å². The second-order valence-electron chi connectivity index (χ2n) is 11.3. The molecule has 1 fully saturated rings. The van der Waals surface area contributed by atoms with E-state index in [1.807, 2.05) is 27.7 Å². The molecule has 1 saturated carbocycles. The maximum Gasteiger partial charge on any atom is 0.411 e. The number of hydrogen-bond acceptors (Lipinski definition) is 8. The van der Waals surface area contributed by atoms with Crippen LogP contribution in [0.5, 0.6) is 5.75 Å². The fourth-order valence-electron chi connectivity index (χ4n) is 5.74. The molecule has 0 aliphatic heterocycles. The van der Waals surface area contributed by atoms with Crippen LogP contribution in [0.25, 0.3) is 5.76 Å². The third-order valence-electron chi connectivity index (χ3n) is 7.34. The van der Waals surface area contributed by atoms with Crippen molar-refractivity contribution in [2.75, 3.05) is 11.9 Å². The summed E-state index contributed by atoms with van der Waals surface area (Å²) in [4.78, 5) is 50.5. The van der Waals surface area contributed by atoms with Gasteiger partial charge in [-0.15, -0.1) is 0 Å². The molecule has 0 aromatic heterocycles. The summed E-state index contributed by atoms with van der Waals surface area (Å²) in [6.07, 6.45) is 0.446. The van der Waals surface area contributed by atoms with Gasteiger partial charge in [-0.05, 0) is 60.6 Å². The number of hydrogen-bond donors (Lipinski definition) is 4. The summed E-state index contributed by atoms with van der Waals surface area (Å²) >= 11 is 0. The number of Topliss-reactive ketones (excluding diaryl/α,β-unsaturated/α-hetero) is 3. The summed E-state index contributed by atoms with van der Waals surface area (Å²) in [5, 5.41) is 35.7. The summed E-state index contributed by atoms with van der Waals surface area (Å²) in [5.41, 5.74) is 0.991. The molecule has 0 spiro atoms. The third-order valence-corrected chi connectivity index (χ3v) is 7.34. The van der Waals surface area contributed by atoms with Gasteiger partial charge in [0.25, 0.3) is 0 Å². The number of fused-ring (bicyclic) bond motifs is 3. The van der Waals surface area contributed by atoms with Crippen LogP contribution in [0.2, 0.25) is 0 Å². The van der Waals surface area contributed by atoms with E-state index in [1.54, 1.807) is 6.07 Å². The van der Waals surface area contributed by atoms with Gasteiger partial charge in [0, 0.05) is 12.0 Å². The molecule has 0 saturated heterocycles. The number of nitrogens with one attached hydrogen (secondary N) is 1. The molecule has 0 bridgehead atoms. The quantitative estimate of drug-likeness (QED) is 0.339. The Morgan fingerprint density at radius 2 is 1.81 bits per heavy atom. The minimum absolute atomic E-state index is 0.0296. The first-order valence-electron chi connectivity index (χ1n) is 12.5. The first-order valence-corrected chi connectivity index (χ1v) is 12.5. The Kier molecular flexibility index (Phi) is 6.69. The van der Waals surface area contributed by atoms with E-state index in [-0.39, 0.29) is 46.6 Å². The van der Waals surface area contributed by atoms with Crippen molar-refractivity contribution in [3.63, 3.8) is 0 Å². The van der Waals surface area contributed by atoms with Crippen molar-refractivity contribution >= 4 is 34.9 Å². The van der Waals surface area contributed by atoms with Crippen LogP contribution < -0.4 is 5.32 Å². The van der Waals surface area contributed by atoms with Crippen LogP contribution in [0, 0.1) is 23.2 Å². The average Bonchev–Trinajstić information content (AvgIpc) is 2.78. The van der Waals surface area contributed by atoms with Crippen molar-refractivity contribution in [1.82, 2.24) is 0 Å². The number of phenols is 1. The molecule has 9 heteroatoms. The Morgan fingerprint density at radius 1 is 1.14 bits per heavy atom. The Balaban J connectivity index is 1.77. The second kappa shape index (κ2) is 9.36. The molecule has 198 valence electrons. The lowest BCUT2D eigenvalue weighted by molar-refractivity contribution is -0.127. The van der Waals surface area contributed by atoms with Gasteiger partial charge in [0.05, 0.1) is 29.3 Å². The van der Waals surface area contributed by atoms with E-state index in [1.165, 1.54) is 6.92 Å². The highest BCUT2D eigenvalue weighted by Crippen LogP contribution is 2.51. The number of carbonyl (C=O) groups is 4. The summed E-state index contributed by atoms with van der Waals surface area (Å²) in [6, 6.07) is 1.63. The summed E-state index contributed by atoms with van der Waals surface area (Å²) in [6.45, 7) is 8.95. The highest BCUT2D eigenvalue weighted by molar-refractivity contribution is 6.22. The van der Waals surface area contributed by atoms with E-state index < -0.39 is 52.7 Å². The fraction of sp³-hybridized carbons (Fsp3) is 0.500. The van der Waals surface area contributed by atoms with Crippen molar-refractivity contribution in [3.05, 3.63) is 39.7 Å². The summed E-state index contributed by atoms with van der Waals surface area (Å²) in [5.74, 6) is -5.00. The number of aromatic hydroxyl groups is 1. The van der Waals surface area contributed by atoms with Crippen molar-refractivity contribution in [2.24, 2.45) is 23.2 Å². The number of ketones is 3. The first-order chi connectivity index (χ1) is 17.2. The number of aliphatic hydroxyl groups is 2. The molecule has 3 aliphatic carbocycles. The van der Waals surface area contributed by atoms with Crippen LogP contribution in [-0.4, -0.2) is 45.4 Å². The third kappa shape index (κ3) is 4.63. The lowest BCUT2D eigenvalue weighted by atomic mass is 9.61. The number of carbonyl (C=O) groups excluding carboxylic acids is 4. The molecule has 37 heavy (non-hydrogen) atoms. The normalized spacial score (nSPS) is 23.3. The highest BCUT2D eigenvalue weighted by atomic mass is 16.5. The van der Waals surface area contributed by atoms with Gasteiger partial charge in [0.2, 0.25) is 0 Å². The molecular weight excluding hydrogens is 478 g/mol. The van der Waals surface area contributed by atoms with E-state index in [9.17, 15) is 34.5 Å². The monoisotopic (exact) mass is 511 g/mol. The lowest BCUT2D eigenvalue weighted by Gasteiger charge is -2.41. The number of aliphatic hydroxyl groups excluding tert-OH is 2. The van der Waals surface area contributed by atoms with Gasteiger partial charge in [-0.3, -0.25) is 19.7 Å². The van der Waals surface area contributed by atoms with Crippen molar-refractivity contribution in [3.8, 4) is 5.75 Å². The average molecular weight is 512 g/mol. The molecule has 9 nitrogen and oxygen atoms in total. The van der Waals surface area contributed by atoms with E-state index >= 15 is 0 Å². The Hall–Kier alpha value is -3.62. The maximum atomic E-state index is 13.6. The topological polar surface area (TPSA) is 150 Å². The van der Waals surface area contributed by atoms with Crippen LogP contribution in [0.15, 0.2) is 23.0 Å². The van der Waals surface area contributed by atoms with Crippen molar-refractivity contribution in [1.29, 1.82) is 0 Å². The smallest absolute Gasteiger partial charge is 0.411 e. The first kappa shape index (κ1) is 26.4. The zero-order chi connectivity index (χ0) is 27.4. The van der Waals surface area contributed by atoms with Gasteiger partial charge in [-0.25, -0.2) is 4.79 Å². The fourth-order valence-corrected chi connectivity index (χ4v) is 5.74. The van der Waals surface area contributed by atoms with Gasteiger partial charge >= 0.3 is 6.09 Å². The van der Waals surface area contributed by atoms with Gasteiger partial charge in [0.15, 0.2) is 17.3 Å². The predicted octanol–water partition coefficient (Wildman–Crippen LogP) is 4.57. The minimum atomic E-state index is -1.10. The maximum absolute atomic E-state index is 13.6. The zero-order valence-electron chi connectivity index (χ0n) is 21.7. The number of anilines is 1. The zero-order valence-corrected chi connectivity index (χ0v) is 21.7. The lowest BCUT2D eigenvalue weighted by Crippen LogP contribution is -2.43. The standard InChI is InChI=1S/C28H33NO8/c1-6-13-9-17(29-27(36)37-11-28(3,4)5)23(32)22-16(13)8-14-7-15-10-18(31)19(12(2)30)24(33)21(15)25(34)20(14)26(22)35/h9,14-15,21,32-33,35H,6-8,10-11H2,1-5H3,(H,29,36). The van der Waals surface area contributed by atoms with Crippen LogP contribution >= 0.6 is 0 Å². The minimum Gasteiger partial charge on any atom is -0.511 e. The number of amides is 1. The molecule has 1 amide bonds. The number of rotatable bonds is 4. The number of aryl methyl sites for hydroxylation is 1. The summed E-state index contributed by atoms with van der Waals surface area (Å²) < 4.78 is 5.24. The van der Waals surface area contributed by atoms with Crippen LogP contribution in [0.3, 0.4) is 0 Å². The van der Waals surface area contributed by atoms with Crippen LogP contribution in [0.1, 0.15) is 64.2 Å². The van der Waals surface area contributed by atoms with Crippen molar-refractivity contribution in [2.45, 2.75) is 60.3 Å². The Labute approximate surface area is 215 Å². The highest BCUT2D eigenvalue weighted by Gasteiger charge is 2.50. The molecule has 1 aromatic carbocycles. The second-order valence-corrected chi connectivity index (χ2v) is 11.3. The van der Waals surface area contributed by atoms with E-state index in [0.717, 1.165) is 5.56 Å². The molecule has 4 N–H and O–H groups in total. The molecule has 4 rings (SSSR count). The molecule has 0 radical (unpaired) electrons. The SMILES string of the molecule is CCc1cc(NC(=O)OCC(C)(C)C)c(O)c2c1CC1CC3CC(=O)C(C(C)=O)=C(O)C3C(=O)C1=C2O. The van der Waals surface area contributed by atoms with Gasteiger partial charge < -0.3 is 20.1 Å². The molecule has 3 aliphatic rings. The number of ether oxygens (including phenoxy) is 1. The van der Waals surface area contributed by atoms with E-state index in [4.69, 9.17) is 4.74 Å². The Bertz CT molecular complexity index is 1280. The van der Waals surface area contributed by atoms with Gasteiger partial charge in [-0.1, -0.05) is 27.7 Å². The number of allylic oxidation sites excluding steroid dienone is 3. The molecular formula is C28H33NO8. The molecule has 1 aromatic rings.